The van der Waals surface area contributed by atoms with E-state index in [1.807, 2.05) is 47.6 Å². The van der Waals surface area contributed by atoms with Crippen LogP contribution in [0.2, 0.25) is 0 Å². The molecule has 0 spiro atoms. The van der Waals surface area contributed by atoms with Crippen LogP contribution >= 0.6 is 0 Å². The fraction of sp³-hybridized carbons (Fsp3) is 0.394. The lowest BCUT2D eigenvalue weighted by molar-refractivity contribution is -0.141. The van der Waals surface area contributed by atoms with Crippen LogP contribution in [0.15, 0.2) is 77.7 Å². The number of carbonyl (C=O) groups is 2. The van der Waals surface area contributed by atoms with E-state index in [9.17, 15) is 18.0 Å². The zero-order chi connectivity index (χ0) is 31.8. The molecule has 0 heterocycles. The number of hydrogen-bond donors (Lipinski definition) is 1. The van der Waals surface area contributed by atoms with Crippen molar-refractivity contribution in [3.05, 3.63) is 83.9 Å². The Balaban J connectivity index is 2.08. The van der Waals surface area contributed by atoms with Gasteiger partial charge in [-0.1, -0.05) is 36.8 Å². The molecule has 43 heavy (non-hydrogen) atoms. The lowest BCUT2D eigenvalue weighted by Gasteiger charge is -2.34. The third-order valence-electron chi connectivity index (χ3n) is 6.69. The van der Waals surface area contributed by atoms with Crippen LogP contribution in [0.4, 0.5) is 5.69 Å². The largest absolute Gasteiger partial charge is 0.497 e. The highest BCUT2D eigenvalue weighted by molar-refractivity contribution is 7.92. The molecule has 1 unspecified atom stereocenters. The molecule has 0 fully saturated rings. The van der Waals surface area contributed by atoms with Crippen molar-refractivity contribution in [3.63, 3.8) is 0 Å². The van der Waals surface area contributed by atoms with Crippen LogP contribution in [0.5, 0.6) is 11.5 Å². The van der Waals surface area contributed by atoms with E-state index in [0.717, 1.165) is 15.4 Å². The molecule has 2 amide bonds. The van der Waals surface area contributed by atoms with E-state index in [1.165, 1.54) is 17.0 Å². The van der Waals surface area contributed by atoms with Gasteiger partial charge in [-0.3, -0.25) is 13.9 Å². The first kappa shape index (κ1) is 33.5. The van der Waals surface area contributed by atoms with Gasteiger partial charge < -0.3 is 19.7 Å². The number of methoxy groups -OCH3 is 1. The Morgan fingerprint density at radius 3 is 2.14 bits per heavy atom. The van der Waals surface area contributed by atoms with Crippen LogP contribution in [-0.2, 0) is 26.2 Å². The summed E-state index contributed by atoms with van der Waals surface area (Å²) in [5.41, 5.74) is 1.41. The van der Waals surface area contributed by atoms with E-state index in [0.29, 0.717) is 30.2 Å². The van der Waals surface area contributed by atoms with Crippen LogP contribution in [0.1, 0.15) is 52.2 Å². The highest BCUT2D eigenvalue weighted by Crippen LogP contribution is 2.27. The van der Waals surface area contributed by atoms with Gasteiger partial charge in [0.1, 0.15) is 24.1 Å². The monoisotopic (exact) mass is 609 g/mol. The first-order valence-electron chi connectivity index (χ1n) is 14.4. The van der Waals surface area contributed by atoms with Crippen molar-refractivity contribution >= 4 is 27.5 Å². The molecule has 1 atom stereocenters. The van der Waals surface area contributed by atoms with Gasteiger partial charge in [-0.15, -0.1) is 0 Å². The van der Waals surface area contributed by atoms with E-state index < -0.39 is 34.1 Å². The zero-order valence-corrected chi connectivity index (χ0v) is 26.9. The quantitative estimate of drug-likeness (QED) is 0.281. The Hall–Kier alpha value is -4.05. The SMILES string of the molecule is CCOc1ccc(N(CC(=O)N(Cc2cccc(OC)c2)C(CC)C(=O)NC(C)(C)C)S(=O)(=O)c2ccc(C)cc2)cc1. The standard InChI is InChI=1S/C33H43N3O6S/c1-8-30(32(38)34-33(4,5)6)35(22-25-11-10-12-28(21-25)41-7)31(37)23-36(26-15-17-27(18-16-26)42-9-2)43(39,40)29-19-13-24(3)14-20-29/h10-21,30H,8-9,22-23H2,1-7H3,(H,34,38). The van der Waals surface area contributed by atoms with Gasteiger partial charge in [-0.2, -0.15) is 0 Å². The predicted molar refractivity (Wildman–Crippen MR) is 169 cm³/mol. The van der Waals surface area contributed by atoms with Crippen molar-refractivity contribution < 1.29 is 27.5 Å². The summed E-state index contributed by atoms with van der Waals surface area (Å²) >= 11 is 0. The number of amides is 2. The summed E-state index contributed by atoms with van der Waals surface area (Å²) in [6.45, 7) is 11.2. The molecule has 3 rings (SSSR count). The lowest BCUT2D eigenvalue weighted by Crippen LogP contribution is -2.55. The number of hydrogen-bond acceptors (Lipinski definition) is 6. The molecular weight excluding hydrogens is 566 g/mol. The van der Waals surface area contributed by atoms with Gasteiger partial charge in [0.15, 0.2) is 0 Å². The van der Waals surface area contributed by atoms with Gasteiger partial charge in [0, 0.05) is 12.1 Å². The minimum Gasteiger partial charge on any atom is -0.497 e. The fourth-order valence-electron chi connectivity index (χ4n) is 4.58. The van der Waals surface area contributed by atoms with Crippen LogP contribution in [0, 0.1) is 6.92 Å². The number of nitrogens with one attached hydrogen (secondary N) is 1. The Morgan fingerprint density at radius 2 is 1.58 bits per heavy atom. The lowest BCUT2D eigenvalue weighted by atomic mass is 10.1. The first-order valence-corrected chi connectivity index (χ1v) is 15.8. The van der Waals surface area contributed by atoms with Gasteiger partial charge in [0.2, 0.25) is 11.8 Å². The first-order chi connectivity index (χ1) is 20.3. The van der Waals surface area contributed by atoms with Gasteiger partial charge >= 0.3 is 0 Å². The average Bonchev–Trinajstić information content (AvgIpc) is 2.95. The smallest absolute Gasteiger partial charge is 0.264 e. The molecule has 232 valence electrons. The maximum absolute atomic E-state index is 14.2. The molecule has 0 saturated heterocycles. The van der Waals surface area contributed by atoms with Crippen molar-refractivity contribution in [2.24, 2.45) is 0 Å². The van der Waals surface area contributed by atoms with E-state index in [1.54, 1.807) is 61.7 Å². The summed E-state index contributed by atoms with van der Waals surface area (Å²) in [4.78, 5) is 29.2. The average molecular weight is 610 g/mol. The molecule has 1 N–H and O–H groups in total. The molecule has 0 aromatic heterocycles. The molecular formula is C33H43N3O6S. The molecule has 0 aliphatic carbocycles. The van der Waals surface area contributed by atoms with Gasteiger partial charge in [0.05, 0.1) is 24.3 Å². The summed E-state index contributed by atoms with van der Waals surface area (Å²) in [5, 5.41) is 2.98. The number of carbonyl (C=O) groups excluding carboxylic acids is 2. The molecule has 0 aliphatic heterocycles. The summed E-state index contributed by atoms with van der Waals surface area (Å²) in [6, 6.07) is 19.4. The second kappa shape index (κ2) is 14.4. The minimum absolute atomic E-state index is 0.0525. The minimum atomic E-state index is -4.17. The zero-order valence-electron chi connectivity index (χ0n) is 26.1. The predicted octanol–water partition coefficient (Wildman–Crippen LogP) is 5.32. The van der Waals surface area contributed by atoms with E-state index in [4.69, 9.17) is 9.47 Å². The van der Waals surface area contributed by atoms with Crippen LogP contribution in [0.3, 0.4) is 0 Å². The van der Waals surface area contributed by atoms with E-state index in [2.05, 4.69) is 5.32 Å². The molecule has 0 aliphatic rings. The second-order valence-electron chi connectivity index (χ2n) is 11.3. The third kappa shape index (κ3) is 8.97. The van der Waals surface area contributed by atoms with Crippen LogP contribution in [-0.4, -0.2) is 57.0 Å². The maximum atomic E-state index is 14.2. The van der Waals surface area contributed by atoms with Gasteiger partial charge in [-0.25, -0.2) is 8.42 Å². The maximum Gasteiger partial charge on any atom is 0.264 e. The van der Waals surface area contributed by atoms with Crippen LogP contribution in [0.25, 0.3) is 0 Å². The molecule has 0 saturated carbocycles. The second-order valence-corrected chi connectivity index (χ2v) is 13.2. The van der Waals surface area contributed by atoms with E-state index in [-0.39, 0.29) is 17.3 Å². The number of aryl methyl sites for hydroxylation is 1. The fourth-order valence-corrected chi connectivity index (χ4v) is 6.00. The van der Waals surface area contributed by atoms with Crippen molar-refractivity contribution in [1.29, 1.82) is 0 Å². The molecule has 0 radical (unpaired) electrons. The topological polar surface area (TPSA) is 105 Å². The highest BCUT2D eigenvalue weighted by Gasteiger charge is 2.34. The third-order valence-corrected chi connectivity index (χ3v) is 8.48. The number of sulfonamides is 1. The number of anilines is 1. The van der Waals surface area contributed by atoms with Crippen molar-refractivity contribution in [3.8, 4) is 11.5 Å². The summed E-state index contributed by atoms with van der Waals surface area (Å²) in [7, 11) is -2.61. The Bertz CT molecular complexity index is 1480. The van der Waals surface area contributed by atoms with Crippen molar-refractivity contribution in [2.75, 3.05) is 24.6 Å². The normalized spacial score (nSPS) is 12.3. The highest BCUT2D eigenvalue weighted by atomic mass is 32.2. The van der Waals surface area contributed by atoms with Gasteiger partial charge in [-0.05, 0) is 95.1 Å². The summed E-state index contributed by atoms with van der Waals surface area (Å²) < 4.78 is 40.1. The Kier molecular flexibility index (Phi) is 11.2. The van der Waals surface area contributed by atoms with E-state index >= 15 is 0 Å². The molecule has 10 heteroatoms. The molecule has 9 nitrogen and oxygen atoms in total. The summed E-state index contributed by atoms with van der Waals surface area (Å²) in [6.07, 6.45) is 0.325. The molecule has 3 aromatic carbocycles. The number of benzene rings is 3. The van der Waals surface area contributed by atoms with Gasteiger partial charge in [0.25, 0.3) is 10.0 Å². The Morgan fingerprint density at radius 1 is 0.930 bits per heavy atom. The summed E-state index contributed by atoms with van der Waals surface area (Å²) in [5.74, 6) is 0.341. The van der Waals surface area contributed by atoms with Crippen LogP contribution < -0.4 is 19.1 Å². The number of ether oxygens (including phenoxy) is 2. The van der Waals surface area contributed by atoms with Crippen molar-refractivity contribution in [2.45, 2.75) is 71.0 Å². The molecule has 0 bridgehead atoms. The Labute approximate surface area is 255 Å². The van der Waals surface area contributed by atoms with Crippen molar-refractivity contribution in [1.82, 2.24) is 10.2 Å². The molecule has 3 aromatic rings. The number of nitrogens with zero attached hydrogens (tertiary/aromatic N) is 2. The number of rotatable bonds is 13.